The molecule has 0 aromatic heterocycles. The van der Waals surface area contributed by atoms with Crippen LogP contribution in [0.4, 0.5) is 4.79 Å². The van der Waals surface area contributed by atoms with E-state index in [1.807, 2.05) is 36.4 Å². The Morgan fingerprint density at radius 2 is 1.66 bits per heavy atom. The first-order chi connectivity index (χ1) is 15.4. The second-order valence-electron chi connectivity index (χ2n) is 8.60. The maximum atomic E-state index is 12.5. The van der Waals surface area contributed by atoms with Crippen molar-refractivity contribution in [2.45, 2.75) is 50.6 Å². The van der Waals surface area contributed by atoms with Gasteiger partial charge in [0.1, 0.15) is 12.6 Å². The number of nitrogens with one attached hydrogen (secondary N) is 2. The average molecular weight is 437 g/mol. The molecule has 2 unspecified atom stereocenters. The van der Waals surface area contributed by atoms with E-state index in [4.69, 9.17) is 9.84 Å². The van der Waals surface area contributed by atoms with Crippen molar-refractivity contribution in [3.8, 4) is 11.1 Å². The highest BCUT2D eigenvalue weighted by molar-refractivity contribution is 5.85. The van der Waals surface area contributed by atoms with E-state index in [0.717, 1.165) is 41.5 Å². The van der Waals surface area contributed by atoms with Gasteiger partial charge in [-0.2, -0.15) is 0 Å². The number of carbonyl (C=O) groups is 3. The average Bonchev–Trinajstić information content (AvgIpc) is 3.33. The molecular formula is C25H28N2O5. The Labute approximate surface area is 187 Å². The number of hydrogen-bond acceptors (Lipinski definition) is 4. The zero-order chi connectivity index (χ0) is 22.7. The van der Waals surface area contributed by atoms with Crippen LogP contribution in [0.2, 0.25) is 0 Å². The predicted octanol–water partition coefficient (Wildman–Crippen LogP) is 3.67. The summed E-state index contributed by atoms with van der Waals surface area (Å²) in [7, 11) is 0. The van der Waals surface area contributed by atoms with E-state index in [-0.39, 0.29) is 36.8 Å². The summed E-state index contributed by atoms with van der Waals surface area (Å²) in [5.74, 6) is -1.31. The van der Waals surface area contributed by atoms with Gasteiger partial charge in [0.15, 0.2) is 0 Å². The fourth-order valence-corrected chi connectivity index (χ4v) is 4.89. The van der Waals surface area contributed by atoms with Crippen LogP contribution in [0.3, 0.4) is 0 Å². The molecule has 2 aliphatic carbocycles. The molecule has 32 heavy (non-hydrogen) atoms. The van der Waals surface area contributed by atoms with Crippen LogP contribution in [0, 0.1) is 5.92 Å². The molecule has 7 heteroatoms. The number of carbonyl (C=O) groups excluding carboxylic acids is 2. The highest BCUT2D eigenvalue weighted by Gasteiger charge is 2.32. The molecule has 0 spiro atoms. The largest absolute Gasteiger partial charge is 0.481 e. The van der Waals surface area contributed by atoms with Gasteiger partial charge in [0.2, 0.25) is 5.91 Å². The molecule has 0 bridgehead atoms. The monoisotopic (exact) mass is 436 g/mol. The third-order valence-electron chi connectivity index (χ3n) is 6.49. The zero-order valence-electron chi connectivity index (χ0n) is 18.0. The van der Waals surface area contributed by atoms with Crippen LogP contribution in [-0.2, 0) is 14.3 Å². The van der Waals surface area contributed by atoms with Crippen LogP contribution < -0.4 is 10.6 Å². The van der Waals surface area contributed by atoms with Crippen LogP contribution in [-0.4, -0.2) is 41.8 Å². The number of rotatable bonds is 7. The van der Waals surface area contributed by atoms with Crippen molar-refractivity contribution in [3.05, 3.63) is 59.7 Å². The Morgan fingerprint density at radius 3 is 2.28 bits per heavy atom. The lowest BCUT2D eigenvalue weighted by atomic mass is 9.98. The van der Waals surface area contributed by atoms with Gasteiger partial charge in [-0.05, 0) is 47.9 Å². The van der Waals surface area contributed by atoms with E-state index in [0.29, 0.717) is 0 Å². The summed E-state index contributed by atoms with van der Waals surface area (Å²) in [5.41, 5.74) is 4.55. The van der Waals surface area contributed by atoms with Gasteiger partial charge in [-0.1, -0.05) is 55.0 Å². The predicted molar refractivity (Wildman–Crippen MR) is 119 cm³/mol. The van der Waals surface area contributed by atoms with Crippen LogP contribution in [0.25, 0.3) is 11.1 Å². The maximum absolute atomic E-state index is 12.5. The highest BCUT2D eigenvalue weighted by Crippen LogP contribution is 2.44. The SMILES string of the molecule is C[C@@H](NC(=O)OCC1c2ccccc2-c2ccccc21)C(=O)NC1CCCC1CC(=O)O. The summed E-state index contributed by atoms with van der Waals surface area (Å²) in [6, 6.07) is 15.2. The summed E-state index contributed by atoms with van der Waals surface area (Å²) in [6.07, 6.45) is 1.81. The van der Waals surface area contributed by atoms with E-state index in [2.05, 4.69) is 22.8 Å². The molecule has 2 aliphatic rings. The van der Waals surface area contributed by atoms with Crippen molar-refractivity contribution in [2.75, 3.05) is 6.61 Å². The van der Waals surface area contributed by atoms with E-state index in [1.54, 1.807) is 6.92 Å². The van der Waals surface area contributed by atoms with Crippen molar-refractivity contribution in [1.82, 2.24) is 10.6 Å². The normalized spacial score (nSPS) is 20.2. The van der Waals surface area contributed by atoms with Gasteiger partial charge in [0.05, 0.1) is 6.42 Å². The topological polar surface area (TPSA) is 105 Å². The van der Waals surface area contributed by atoms with Crippen LogP contribution in [0.1, 0.15) is 49.7 Å². The minimum absolute atomic E-state index is 0.0408. The Bertz CT molecular complexity index is 975. The smallest absolute Gasteiger partial charge is 0.407 e. The van der Waals surface area contributed by atoms with Gasteiger partial charge in [-0.15, -0.1) is 0 Å². The van der Waals surface area contributed by atoms with Crippen molar-refractivity contribution >= 4 is 18.0 Å². The summed E-state index contributed by atoms with van der Waals surface area (Å²) in [6.45, 7) is 1.77. The van der Waals surface area contributed by atoms with Crippen LogP contribution in [0.5, 0.6) is 0 Å². The Hall–Kier alpha value is -3.35. The number of hydrogen-bond donors (Lipinski definition) is 3. The molecular weight excluding hydrogens is 408 g/mol. The molecule has 168 valence electrons. The van der Waals surface area contributed by atoms with Crippen LogP contribution in [0.15, 0.2) is 48.5 Å². The fourth-order valence-electron chi connectivity index (χ4n) is 4.89. The standard InChI is InChI=1S/C25H28N2O5/c1-15(24(30)27-22-12-6-7-16(22)13-23(28)29)26-25(31)32-14-21-19-10-4-2-8-17(19)18-9-3-5-11-20(18)21/h2-5,8-11,15-16,21-22H,6-7,12-14H2,1H3,(H,26,31)(H,27,30)(H,28,29)/t15-,16?,22?/m1/s1. The Kier molecular flexibility index (Phi) is 6.44. The highest BCUT2D eigenvalue weighted by atomic mass is 16.5. The summed E-state index contributed by atoms with van der Waals surface area (Å²) >= 11 is 0. The molecule has 2 aromatic rings. The number of carboxylic acids is 1. The minimum atomic E-state index is -0.860. The molecule has 3 N–H and O–H groups in total. The fraction of sp³-hybridized carbons (Fsp3) is 0.400. The van der Waals surface area contributed by atoms with Crippen molar-refractivity contribution < 1.29 is 24.2 Å². The number of alkyl carbamates (subject to hydrolysis) is 1. The van der Waals surface area contributed by atoms with Crippen molar-refractivity contribution in [2.24, 2.45) is 5.92 Å². The number of carboxylic acid groups (broad SMARTS) is 1. The van der Waals surface area contributed by atoms with Crippen molar-refractivity contribution in [3.63, 3.8) is 0 Å². The van der Waals surface area contributed by atoms with Gasteiger partial charge >= 0.3 is 12.1 Å². The Balaban J connectivity index is 1.31. The number of amides is 2. The number of aliphatic carboxylic acids is 1. The molecule has 1 fully saturated rings. The number of fused-ring (bicyclic) bond motifs is 3. The molecule has 0 saturated heterocycles. The molecule has 2 amide bonds. The molecule has 0 aliphatic heterocycles. The molecule has 4 rings (SSSR count). The van der Waals surface area contributed by atoms with E-state index < -0.39 is 18.1 Å². The summed E-state index contributed by atoms with van der Waals surface area (Å²) < 4.78 is 5.50. The zero-order valence-corrected chi connectivity index (χ0v) is 18.0. The third-order valence-corrected chi connectivity index (χ3v) is 6.49. The third kappa shape index (κ3) is 4.61. The first-order valence-corrected chi connectivity index (χ1v) is 11.1. The molecule has 0 radical (unpaired) electrons. The first kappa shape index (κ1) is 21.9. The first-order valence-electron chi connectivity index (χ1n) is 11.1. The van der Waals surface area contributed by atoms with Gasteiger partial charge in [-0.25, -0.2) is 4.79 Å². The van der Waals surface area contributed by atoms with E-state index in [9.17, 15) is 14.4 Å². The lowest BCUT2D eigenvalue weighted by Gasteiger charge is -2.22. The quantitative estimate of drug-likeness (QED) is 0.614. The van der Waals surface area contributed by atoms with Gasteiger partial charge < -0.3 is 20.5 Å². The van der Waals surface area contributed by atoms with Crippen LogP contribution >= 0.6 is 0 Å². The second kappa shape index (κ2) is 9.42. The van der Waals surface area contributed by atoms with Crippen molar-refractivity contribution in [1.29, 1.82) is 0 Å². The molecule has 7 nitrogen and oxygen atoms in total. The molecule has 3 atom stereocenters. The second-order valence-corrected chi connectivity index (χ2v) is 8.60. The summed E-state index contributed by atoms with van der Waals surface area (Å²) in [5, 5.41) is 14.5. The van der Waals surface area contributed by atoms with E-state index >= 15 is 0 Å². The van der Waals surface area contributed by atoms with Gasteiger partial charge in [-0.3, -0.25) is 9.59 Å². The molecule has 2 aromatic carbocycles. The van der Waals surface area contributed by atoms with Gasteiger partial charge in [0, 0.05) is 12.0 Å². The van der Waals surface area contributed by atoms with E-state index in [1.165, 1.54) is 0 Å². The Morgan fingerprint density at radius 1 is 1.03 bits per heavy atom. The number of benzene rings is 2. The molecule has 0 heterocycles. The number of ether oxygens (including phenoxy) is 1. The van der Waals surface area contributed by atoms with Gasteiger partial charge in [0.25, 0.3) is 0 Å². The lowest BCUT2D eigenvalue weighted by molar-refractivity contribution is -0.138. The minimum Gasteiger partial charge on any atom is -0.481 e. The summed E-state index contributed by atoms with van der Waals surface area (Å²) in [4.78, 5) is 35.9. The molecule has 1 saturated carbocycles. The lowest BCUT2D eigenvalue weighted by Crippen LogP contribution is -2.49. The maximum Gasteiger partial charge on any atom is 0.407 e.